The van der Waals surface area contributed by atoms with Crippen molar-refractivity contribution in [2.24, 2.45) is 12.8 Å². The van der Waals surface area contributed by atoms with E-state index in [0.29, 0.717) is 22.6 Å². The van der Waals surface area contributed by atoms with Gasteiger partial charge in [-0.1, -0.05) is 0 Å². The first-order chi connectivity index (χ1) is 17.0. The van der Waals surface area contributed by atoms with Gasteiger partial charge >= 0.3 is 0 Å². The molecule has 1 amide bonds. The molecule has 0 aliphatic carbocycles. The average molecular weight is 474 g/mol. The number of hydrogen-bond donors (Lipinski definition) is 4. The molecular weight excluding hydrogens is 446 g/mol. The molecule has 1 fully saturated rings. The van der Waals surface area contributed by atoms with Crippen molar-refractivity contribution in [3.8, 4) is 17.0 Å². The zero-order valence-electron chi connectivity index (χ0n) is 19.6. The lowest BCUT2D eigenvalue weighted by molar-refractivity contribution is 0.0996. The summed E-state index contributed by atoms with van der Waals surface area (Å²) in [5, 5.41) is 9.55. The van der Waals surface area contributed by atoms with Gasteiger partial charge in [-0.05, 0) is 50.2 Å². The minimum absolute atomic E-state index is 0.0157. The second-order valence-electron chi connectivity index (χ2n) is 8.36. The Labute approximate surface area is 202 Å². The molecule has 4 heterocycles. The minimum Gasteiger partial charge on any atom is -0.490 e. The molecule has 35 heavy (non-hydrogen) atoms. The summed E-state index contributed by atoms with van der Waals surface area (Å²) in [5.41, 5.74) is 9.05. The Kier molecular flexibility index (Phi) is 6.15. The molecule has 0 atom stereocenters. The van der Waals surface area contributed by atoms with Crippen molar-refractivity contribution in [2.45, 2.75) is 18.9 Å². The van der Waals surface area contributed by atoms with Crippen LogP contribution in [-0.4, -0.2) is 56.7 Å². The molecule has 0 spiro atoms. The van der Waals surface area contributed by atoms with E-state index in [1.165, 1.54) is 0 Å². The highest BCUT2D eigenvalue weighted by Gasteiger charge is 2.21. The number of primary amides is 1. The third-order valence-corrected chi connectivity index (χ3v) is 5.97. The monoisotopic (exact) mass is 473 g/mol. The van der Waals surface area contributed by atoms with Crippen LogP contribution in [0.3, 0.4) is 0 Å². The van der Waals surface area contributed by atoms with Crippen LogP contribution >= 0.6 is 0 Å². The maximum Gasteiger partial charge on any atom is 0.271 e. The van der Waals surface area contributed by atoms with Crippen LogP contribution in [0.2, 0.25) is 0 Å². The summed E-state index contributed by atoms with van der Waals surface area (Å²) in [6.45, 7) is 1.93. The van der Waals surface area contributed by atoms with Gasteiger partial charge in [-0.15, -0.1) is 0 Å². The Bertz CT molecular complexity index is 1360. The van der Waals surface area contributed by atoms with E-state index in [1.54, 1.807) is 25.8 Å². The summed E-state index contributed by atoms with van der Waals surface area (Å²) in [6, 6.07) is 7.52. The summed E-state index contributed by atoms with van der Waals surface area (Å²) in [7, 11) is 3.62. The summed E-state index contributed by atoms with van der Waals surface area (Å²) in [6.07, 6.45) is 7.26. The van der Waals surface area contributed by atoms with Gasteiger partial charge in [0.25, 0.3) is 5.91 Å². The van der Waals surface area contributed by atoms with Gasteiger partial charge in [0.1, 0.15) is 23.1 Å². The molecule has 1 aliphatic rings. The lowest BCUT2D eigenvalue weighted by Crippen LogP contribution is -2.34. The number of pyridine rings is 1. The molecule has 0 saturated carbocycles. The Hall–Kier alpha value is -4.25. The first kappa shape index (κ1) is 22.5. The van der Waals surface area contributed by atoms with Gasteiger partial charge in [0, 0.05) is 26.0 Å². The number of nitrogens with two attached hydrogens (primary N) is 1. The number of ether oxygens (including phenoxy) is 1. The maximum absolute atomic E-state index is 12.3. The SMILES string of the molecule is CNc1nc(Nc2ccc(OC3CCNCC3)cc2)c(C(N)=O)nc1-c1cncc2c1ncn2C. The highest BCUT2D eigenvalue weighted by atomic mass is 16.5. The lowest BCUT2D eigenvalue weighted by Gasteiger charge is -2.23. The van der Waals surface area contributed by atoms with E-state index in [-0.39, 0.29) is 17.6 Å². The molecule has 1 saturated heterocycles. The predicted octanol–water partition coefficient (Wildman–Crippen LogP) is 2.44. The van der Waals surface area contributed by atoms with Crippen molar-refractivity contribution < 1.29 is 9.53 Å². The van der Waals surface area contributed by atoms with Gasteiger partial charge in [0.2, 0.25) is 0 Å². The zero-order valence-corrected chi connectivity index (χ0v) is 19.6. The van der Waals surface area contributed by atoms with Gasteiger partial charge < -0.3 is 31.0 Å². The number of fused-ring (bicyclic) bond motifs is 1. The number of amides is 1. The number of aromatic nitrogens is 5. The van der Waals surface area contributed by atoms with E-state index >= 15 is 0 Å². The molecule has 0 unspecified atom stereocenters. The van der Waals surface area contributed by atoms with Crippen LogP contribution in [0, 0.1) is 0 Å². The topological polar surface area (TPSA) is 145 Å². The van der Waals surface area contributed by atoms with Crippen molar-refractivity contribution in [1.29, 1.82) is 0 Å². The third kappa shape index (κ3) is 4.58. The van der Waals surface area contributed by atoms with Gasteiger partial charge in [-0.25, -0.2) is 15.0 Å². The molecule has 1 aromatic carbocycles. The standard InChI is InChI=1S/C24H27N9O2/c1-26-23-20(17-11-28-12-18-19(17)29-13-33(18)2)31-21(22(25)34)24(32-23)30-14-3-5-15(6-4-14)35-16-7-9-27-10-8-16/h3-6,11-13,16,27H,7-10H2,1-2H3,(H2,25,34)(H2,26,30,32). The lowest BCUT2D eigenvalue weighted by atomic mass is 10.1. The van der Waals surface area contributed by atoms with E-state index in [2.05, 4.69) is 35.9 Å². The Morgan fingerprint density at radius 2 is 1.91 bits per heavy atom. The first-order valence-corrected chi connectivity index (χ1v) is 11.4. The number of benzene rings is 1. The number of nitrogens with one attached hydrogen (secondary N) is 3. The first-order valence-electron chi connectivity index (χ1n) is 11.4. The number of rotatable bonds is 7. The van der Waals surface area contributed by atoms with Crippen molar-refractivity contribution in [3.05, 3.63) is 48.7 Å². The van der Waals surface area contributed by atoms with Crippen molar-refractivity contribution >= 4 is 34.3 Å². The fourth-order valence-corrected chi connectivity index (χ4v) is 4.13. The van der Waals surface area contributed by atoms with Crippen molar-refractivity contribution in [1.82, 2.24) is 29.8 Å². The Balaban J connectivity index is 1.46. The normalized spacial score (nSPS) is 14.1. The minimum atomic E-state index is -0.698. The van der Waals surface area contributed by atoms with Crippen LogP contribution in [-0.2, 0) is 7.05 Å². The van der Waals surface area contributed by atoms with Crippen LogP contribution in [0.25, 0.3) is 22.3 Å². The second kappa shape index (κ2) is 9.55. The Morgan fingerprint density at radius 3 is 2.63 bits per heavy atom. The molecule has 11 nitrogen and oxygen atoms in total. The molecule has 5 N–H and O–H groups in total. The number of carbonyl (C=O) groups excluding carboxylic acids is 1. The zero-order chi connectivity index (χ0) is 24.4. The molecule has 1 aliphatic heterocycles. The fourth-order valence-electron chi connectivity index (χ4n) is 4.13. The third-order valence-electron chi connectivity index (χ3n) is 5.97. The average Bonchev–Trinajstić information content (AvgIpc) is 3.26. The molecule has 5 rings (SSSR count). The van der Waals surface area contributed by atoms with Crippen molar-refractivity contribution in [3.63, 3.8) is 0 Å². The molecular formula is C24H27N9O2. The molecule has 3 aromatic heterocycles. The quantitative estimate of drug-likeness (QED) is 0.318. The summed E-state index contributed by atoms with van der Waals surface area (Å²) in [4.78, 5) is 30.3. The van der Waals surface area contributed by atoms with E-state index in [4.69, 9.17) is 10.5 Å². The number of piperidine rings is 1. The van der Waals surface area contributed by atoms with Gasteiger partial charge in [0.15, 0.2) is 17.3 Å². The van der Waals surface area contributed by atoms with E-state index in [1.807, 2.05) is 35.9 Å². The molecule has 0 bridgehead atoms. The van der Waals surface area contributed by atoms with E-state index in [9.17, 15) is 4.79 Å². The van der Waals surface area contributed by atoms with Crippen LogP contribution in [0.1, 0.15) is 23.3 Å². The fraction of sp³-hybridized carbons (Fsp3) is 0.292. The van der Waals surface area contributed by atoms with Gasteiger partial charge in [-0.2, -0.15) is 0 Å². The van der Waals surface area contributed by atoms with Crippen LogP contribution in [0.5, 0.6) is 5.75 Å². The van der Waals surface area contributed by atoms with Crippen LogP contribution < -0.4 is 26.4 Å². The summed E-state index contributed by atoms with van der Waals surface area (Å²) < 4.78 is 7.93. The number of nitrogens with zero attached hydrogens (tertiary/aromatic N) is 5. The highest BCUT2D eigenvalue weighted by Crippen LogP contribution is 2.32. The maximum atomic E-state index is 12.3. The highest BCUT2D eigenvalue weighted by molar-refractivity contribution is 5.99. The van der Waals surface area contributed by atoms with E-state index in [0.717, 1.165) is 42.9 Å². The summed E-state index contributed by atoms with van der Waals surface area (Å²) >= 11 is 0. The largest absolute Gasteiger partial charge is 0.490 e. The smallest absolute Gasteiger partial charge is 0.271 e. The molecule has 180 valence electrons. The predicted molar refractivity (Wildman–Crippen MR) is 134 cm³/mol. The molecule has 0 radical (unpaired) electrons. The van der Waals surface area contributed by atoms with Crippen molar-refractivity contribution in [2.75, 3.05) is 30.8 Å². The van der Waals surface area contributed by atoms with Gasteiger partial charge in [-0.3, -0.25) is 9.78 Å². The van der Waals surface area contributed by atoms with Crippen LogP contribution in [0.4, 0.5) is 17.3 Å². The second-order valence-corrected chi connectivity index (χ2v) is 8.36. The van der Waals surface area contributed by atoms with Gasteiger partial charge in [0.05, 0.1) is 23.6 Å². The molecule has 11 heteroatoms. The number of imidazole rings is 1. The summed E-state index contributed by atoms with van der Waals surface area (Å²) in [5.74, 6) is 0.809. The number of aryl methyl sites for hydroxylation is 1. The molecule has 4 aromatic rings. The van der Waals surface area contributed by atoms with Crippen LogP contribution in [0.15, 0.2) is 43.0 Å². The Morgan fingerprint density at radius 1 is 1.14 bits per heavy atom. The number of anilines is 3. The van der Waals surface area contributed by atoms with E-state index < -0.39 is 5.91 Å². The number of hydrogen-bond acceptors (Lipinski definition) is 9. The number of carbonyl (C=O) groups is 1.